The Hall–Kier alpha value is -3.75. The molecule has 0 heterocycles. The molecule has 2 aromatic rings. The first-order valence-electron chi connectivity index (χ1n) is 8.60. The Morgan fingerprint density at radius 1 is 1.00 bits per heavy atom. The summed E-state index contributed by atoms with van der Waals surface area (Å²) < 4.78 is 25.8. The summed E-state index contributed by atoms with van der Waals surface area (Å²) in [5.74, 6) is 0.819. The van der Waals surface area contributed by atoms with Crippen molar-refractivity contribution in [3.05, 3.63) is 47.5 Å². The van der Waals surface area contributed by atoms with E-state index in [-0.39, 0.29) is 12.2 Å². The van der Waals surface area contributed by atoms with E-state index in [4.69, 9.17) is 18.9 Å². The number of hydrazone groups is 1. The number of carbonyl (C=O) groups is 2. The topological polar surface area (TPSA) is 105 Å². The van der Waals surface area contributed by atoms with E-state index in [0.29, 0.717) is 28.6 Å². The third-order valence-corrected chi connectivity index (χ3v) is 3.64. The van der Waals surface area contributed by atoms with Gasteiger partial charge < -0.3 is 23.7 Å². The van der Waals surface area contributed by atoms with Crippen molar-refractivity contribution in [2.24, 2.45) is 5.10 Å². The van der Waals surface area contributed by atoms with Gasteiger partial charge in [0.1, 0.15) is 5.75 Å². The van der Waals surface area contributed by atoms with E-state index in [0.717, 1.165) is 0 Å². The van der Waals surface area contributed by atoms with E-state index in [1.165, 1.54) is 39.7 Å². The zero-order chi connectivity index (χ0) is 21.2. The Morgan fingerprint density at radius 2 is 1.62 bits per heavy atom. The molecule has 0 saturated carbocycles. The number of esters is 1. The minimum absolute atomic E-state index is 0.240. The van der Waals surface area contributed by atoms with Crippen LogP contribution in [0.3, 0.4) is 0 Å². The molecule has 0 unspecified atom stereocenters. The number of carbonyl (C=O) groups excluding carboxylic acids is 2. The standard InChI is InChI=1S/C20H22N2O7/c1-5-28-20(24)22-21-12-13-6-8-15(9-7-13)29-19(23)14-10-16(25-2)18(27-4)17(11-14)26-3/h6-12H,5H2,1-4H3,(H,22,24). The molecule has 0 aliphatic rings. The molecule has 9 heteroatoms. The van der Waals surface area contributed by atoms with Gasteiger partial charge in [0.2, 0.25) is 5.75 Å². The van der Waals surface area contributed by atoms with Crippen molar-refractivity contribution in [2.45, 2.75) is 6.92 Å². The van der Waals surface area contributed by atoms with E-state index in [1.807, 2.05) is 0 Å². The van der Waals surface area contributed by atoms with Crippen LogP contribution in [0.25, 0.3) is 0 Å². The van der Waals surface area contributed by atoms with Gasteiger partial charge >= 0.3 is 12.1 Å². The van der Waals surface area contributed by atoms with Crippen molar-refractivity contribution in [1.82, 2.24) is 5.43 Å². The SMILES string of the molecule is CCOC(=O)NN=Cc1ccc(OC(=O)c2cc(OC)c(OC)c(OC)c2)cc1. The van der Waals surface area contributed by atoms with Gasteiger partial charge in [0.05, 0.1) is 39.7 Å². The van der Waals surface area contributed by atoms with Gasteiger partial charge in [-0.1, -0.05) is 0 Å². The quantitative estimate of drug-likeness (QED) is 0.313. The number of nitrogens with zero attached hydrogens (tertiary/aromatic N) is 1. The lowest BCUT2D eigenvalue weighted by atomic mass is 10.2. The fraction of sp³-hybridized carbons (Fsp3) is 0.250. The fourth-order valence-electron chi connectivity index (χ4n) is 2.31. The zero-order valence-electron chi connectivity index (χ0n) is 16.6. The van der Waals surface area contributed by atoms with Crippen LogP contribution in [0, 0.1) is 0 Å². The molecule has 0 fully saturated rings. The van der Waals surface area contributed by atoms with Crippen molar-refractivity contribution in [2.75, 3.05) is 27.9 Å². The molecule has 154 valence electrons. The molecule has 0 atom stereocenters. The molecule has 0 saturated heterocycles. The van der Waals surface area contributed by atoms with Crippen molar-refractivity contribution in [3.8, 4) is 23.0 Å². The van der Waals surface area contributed by atoms with Crippen LogP contribution in [-0.4, -0.2) is 46.2 Å². The smallest absolute Gasteiger partial charge is 0.427 e. The zero-order valence-corrected chi connectivity index (χ0v) is 16.6. The fourth-order valence-corrected chi connectivity index (χ4v) is 2.31. The van der Waals surface area contributed by atoms with E-state index in [9.17, 15) is 9.59 Å². The first-order chi connectivity index (χ1) is 14.0. The highest BCUT2D eigenvalue weighted by molar-refractivity contribution is 5.93. The van der Waals surface area contributed by atoms with Crippen LogP contribution >= 0.6 is 0 Å². The van der Waals surface area contributed by atoms with Crippen LogP contribution in [-0.2, 0) is 4.74 Å². The summed E-state index contributed by atoms with van der Waals surface area (Å²) in [4.78, 5) is 23.6. The van der Waals surface area contributed by atoms with Crippen LogP contribution in [0.1, 0.15) is 22.8 Å². The Bertz CT molecular complexity index is 854. The van der Waals surface area contributed by atoms with E-state index >= 15 is 0 Å². The lowest BCUT2D eigenvalue weighted by Crippen LogP contribution is -2.18. The maximum Gasteiger partial charge on any atom is 0.427 e. The van der Waals surface area contributed by atoms with Gasteiger partial charge in [0.25, 0.3) is 0 Å². The number of rotatable bonds is 8. The molecule has 29 heavy (non-hydrogen) atoms. The van der Waals surface area contributed by atoms with Crippen LogP contribution in [0.4, 0.5) is 4.79 Å². The number of nitrogens with one attached hydrogen (secondary N) is 1. The van der Waals surface area contributed by atoms with Crippen LogP contribution < -0.4 is 24.4 Å². The summed E-state index contributed by atoms with van der Waals surface area (Å²) in [5.41, 5.74) is 3.15. The largest absolute Gasteiger partial charge is 0.493 e. The molecule has 1 amide bonds. The molecular formula is C20H22N2O7. The maximum absolute atomic E-state index is 12.5. The molecule has 1 N–H and O–H groups in total. The number of hydrogen-bond acceptors (Lipinski definition) is 8. The lowest BCUT2D eigenvalue weighted by molar-refractivity contribution is 0.0733. The van der Waals surface area contributed by atoms with E-state index < -0.39 is 12.1 Å². The predicted octanol–water partition coefficient (Wildman–Crippen LogP) is 3.01. The summed E-state index contributed by atoms with van der Waals surface area (Å²) in [7, 11) is 4.40. The minimum atomic E-state index is -0.639. The molecule has 0 bridgehead atoms. The van der Waals surface area contributed by atoms with Gasteiger partial charge in [-0.05, 0) is 48.9 Å². The highest BCUT2D eigenvalue weighted by Crippen LogP contribution is 2.38. The molecule has 0 aliphatic carbocycles. The predicted molar refractivity (Wildman–Crippen MR) is 105 cm³/mol. The van der Waals surface area contributed by atoms with Gasteiger partial charge in [-0.2, -0.15) is 5.10 Å². The van der Waals surface area contributed by atoms with Gasteiger partial charge in [0.15, 0.2) is 11.5 Å². The van der Waals surface area contributed by atoms with E-state index in [1.54, 1.807) is 31.2 Å². The highest BCUT2D eigenvalue weighted by atomic mass is 16.6. The van der Waals surface area contributed by atoms with Gasteiger partial charge in [0, 0.05) is 0 Å². The molecule has 2 aromatic carbocycles. The minimum Gasteiger partial charge on any atom is -0.493 e. The average molecular weight is 402 g/mol. The van der Waals surface area contributed by atoms with Crippen molar-refractivity contribution in [3.63, 3.8) is 0 Å². The van der Waals surface area contributed by atoms with Crippen LogP contribution in [0.15, 0.2) is 41.5 Å². The maximum atomic E-state index is 12.5. The average Bonchev–Trinajstić information content (AvgIpc) is 2.73. The lowest BCUT2D eigenvalue weighted by Gasteiger charge is -2.13. The third-order valence-electron chi connectivity index (χ3n) is 3.64. The summed E-state index contributed by atoms with van der Waals surface area (Å²) >= 11 is 0. The molecule has 9 nitrogen and oxygen atoms in total. The summed E-state index contributed by atoms with van der Waals surface area (Å²) in [6.45, 7) is 1.95. The Balaban J connectivity index is 2.07. The Labute approximate surface area is 168 Å². The van der Waals surface area contributed by atoms with E-state index in [2.05, 4.69) is 15.3 Å². The molecule has 0 spiro atoms. The third kappa shape index (κ3) is 5.86. The Kier molecular flexibility index (Phi) is 7.84. The number of ether oxygens (including phenoxy) is 5. The first kappa shape index (κ1) is 21.5. The highest BCUT2D eigenvalue weighted by Gasteiger charge is 2.18. The molecular weight excluding hydrogens is 380 g/mol. The second-order valence-electron chi connectivity index (χ2n) is 5.46. The summed E-state index contributed by atoms with van der Waals surface area (Å²) in [6.07, 6.45) is 0.793. The molecule has 0 aromatic heterocycles. The van der Waals surface area contributed by atoms with Crippen molar-refractivity contribution < 1.29 is 33.3 Å². The summed E-state index contributed by atoms with van der Waals surface area (Å²) in [5, 5.41) is 3.76. The molecule has 2 rings (SSSR count). The molecule has 0 aliphatic heterocycles. The van der Waals surface area contributed by atoms with Crippen LogP contribution in [0.2, 0.25) is 0 Å². The van der Waals surface area contributed by atoms with Crippen molar-refractivity contribution in [1.29, 1.82) is 0 Å². The Morgan fingerprint density at radius 3 is 2.14 bits per heavy atom. The first-order valence-corrected chi connectivity index (χ1v) is 8.60. The van der Waals surface area contributed by atoms with Crippen molar-refractivity contribution >= 4 is 18.3 Å². The second-order valence-corrected chi connectivity index (χ2v) is 5.46. The number of hydrogen-bond donors (Lipinski definition) is 1. The van der Waals surface area contributed by atoms with Gasteiger partial charge in [-0.15, -0.1) is 0 Å². The number of benzene rings is 2. The number of amides is 1. The molecule has 0 radical (unpaired) electrons. The van der Waals surface area contributed by atoms with Gasteiger partial charge in [-0.25, -0.2) is 15.0 Å². The second kappa shape index (κ2) is 10.5. The normalized spacial score (nSPS) is 10.3. The van der Waals surface area contributed by atoms with Gasteiger partial charge in [-0.3, -0.25) is 0 Å². The number of methoxy groups -OCH3 is 3. The summed E-state index contributed by atoms with van der Waals surface area (Å²) in [6, 6.07) is 9.56. The van der Waals surface area contributed by atoms with Crippen LogP contribution in [0.5, 0.6) is 23.0 Å². The monoisotopic (exact) mass is 402 g/mol.